The van der Waals surface area contributed by atoms with Crippen molar-refractivity contribution in [3.05, 3.63) is 72.9 Å². The lowest BCUT2D eigenvalue weighted by atomic mass is 9.97. The van der Waals surface area contributed by atoms with Gasteiger partial charge in [0.15, 0.2) is 12.6 Å². The number of aliphatic hydroxyl groups is 8. The number of amides is 1. The first-order valence-corrected chi connectivity index (χ1v) is 21.2. The molecule has 0 aromatic rings. The monoisotopic (exact) mass is 824 g/mol. The molecule has 12 unspecified atom stereocenters. The van der Waals surface area contributed by atoms with Crippen molar-refractivity contribution in [3.8, 4) is 0 Å². The molecular weight excluding hydrogens is 750 g/mol. The van der Waals surface area contributed by atoms with Crippen LogP contribution in [-0.4, -0.2) is 140 Å². The number of allylic oxidation sites excluding steroid dienone is 11. The second-order valence-corrected chi connectivity index (χ2v) is 14.7. The zero-order chi connectivity index (χ0) is 42.5. The molecule has 0 radical (unpaired) electrons. The van der Waals surface area contributed by atoms with Gasteiger partial charge in [0, 0.05) is 6.42 Å². The van der Waals surface area contributed by atoms with E-state index in [-0.39, 0.29) is 18.9 Å². The van der Waals surface area contributed by atoms with Gasteiger partial charge >= 0.3 is 0 Å². The zero-order valence-electron chi connectivity index (χ0n) is 34.5. The molecule has 0 saturated carbocycles. The van der Waals surface area contributed by atoms with Crippen molar-refractivity contribution < 1.29 is 64.6 Å². The Morgan fingerprint density at radius 3 is 1.79 bits per heavy atom. The van der Waals surface area contributed by atoms with Gasteiger partial charge in [-0.1, -0.05) is 106 Å². The highest BCUT2D eigenvalue weighted by molar-refractivity contribution is 5.76. The number of hydrogen-bond acceptors (Lipinski definition) is 13. The van der Waals surface area contributed by atoms with Crippen molar-refractivity contribution >= 4 is 5.91 Å². The Hall–Kier alpha value is -2.57. The van der Waals surface area contributed by atoms with E-state index in [4.69, 9.17) is 18.9 Å². The molecule has 2 heterocycles. The van der Waals surface area contributed by atoms with E-state index in [1.54, 1.807) is 6.08 Å². The molecule has 0 spiro atoms. The number of nitrogens with one attached hydrogen (secondary N) is 1. The van der Waals surface area contributed by atoms with Gasteiger partial charge in [0.2, 0.25) is 5.91 Å². The van der Waals surface area contributed by atoms with Crippen LogP contribution in [0.15, 0.2) is 72.9 Å². The molecule has 12 atom stereocenters. The summed E-state index contributed by atoms with van der Waals surface area (Å²) in [5.74, 6) is -0.284. The fourth-order valence-corrected chi connectivity index (χ4v) is 6.37. The minimum atomic E-state index is -1.79. The molecule has 14 nitrogen and oxygen atoms in total. The van der Waals surface area contributed by atoms with Crippen molar-refractivity contribution in [2.75, 3.05) is 19.8 Å². The predicted octanol–water partition coefficient (Wildman–Crippen LogP) is 3.31. The first kappa shape index (κ1) is 51.6. The summed E-state index contributed by atoms with van der Waals surface area (Å²) >= 11 is 0. The topological polar surface area (TPSA) is 228 Å². The van der Waals surface area contributed by atoms with Gasteiger partial charge in [-0.2, -0.15) is 0 Å². The van der Waals surface area contributed by atoms with Crippen molar-refractivity contribution in [2.45, 2.75) is 177 Å². The Morgan fingerprint density at radius 2 is 1.19 bits per heavy atom. The van der Waals surface area contributed by atoms with E-state index in [9.17, 15) is 45.6 Å². The van der Waals surface area contributed by atoms with Crippen LogP contribution in [0, 0.1) is 0 Å². The molecule has 58 heavy (non-hydrogen) atoms. The van der Waals surface area contributed by atoms with Crippen molar-refractivity contribution in [1.29, 1.82) is 0 Å². The molecule has 0 aromatic carbocycles. The lowest BCUT2D eigenvalue weighted by Gasteiger charge is -2.46. The summed E-state index contributed by atoms with van der Waals surface area (Å²) in [6, 6.07) is -0.931. The van der Waals surface area contributed by atoms with E-state index in [1.807, 2.05) is 6.08 Å². The first-order valence-electron chi connectivity index (χ1n) is 21.2. The minimum absolute atomic E-state index is 0.236. The smallest absolute Gasteiger partial charge is 0.220 e. The summed E-state index contributed by atoms with van der Waals surface area (Å²) in [6.45, 7) is 2.47. The molecule has 2 rings (SSSR count). The summed E-state index contributed by atoms with van der Waals surface area (Å²) in [4.78, 5) is 13.0. The number of rotatable bonds is 29. The molecule has 9 N–H and O–H groups in total. The fraction of sp³-hybridized carbons (Fsp3) is 0.705. The van der Waals surface area contributed by atoms with Crippen LogP contribution in [0.2, 0.25) is 0 Å². The average molecular weight is 824 g/mol. The van der Waals surface area contributed by atoms with Crippen LogP contribution >= 0.6 is 0 Å². The number of carbonyl (C=O) groups excluding carboxylic acids is 1. The highest BCUT2D eigenvalue weighted by Gasteiger charge is 2.50. The molecule has 2 fully saturated rings. The lowest BCUT2D eigenvalue weighted by Crippen LogP contribution is -2.65. The van der Waals surface area contributed by atoms with E-state index >= 15 is 0 Å². The van der Waals surface area contributed by atoms with Gasteiger partial charge in [0.25, 0.3) is 0 Å². The highest BCUT2D eigenvalue weighted by atomic mass is 16.7. The minimum Gasteiger partial charge on any atom is -0.394 e. The summed E-state index contributed by atoms with van der Waals surface area (Å²) < 4.78 is 22.4. The van der Waals surface area contributed by atoms with E-state index < -0.39 is 86.8 Å². The first-order chi connectivity index (χ1) is 28.1. The third-order valence-corrected chi connectivity index (χ3v) is 9.90. The molecule has 2 aliphatic heterocycles. The molecule has 14 heteroatoms. The van der Waals surface area contributed by atoms with Gasteiger partial charge in [0.1, 0.15) is 48.8 Å². The summed E-state index contributed by atoms with van der Waals surface area (Å²) in [5, 5.41) is 85.9. The van der Waals surface area contributed by atoms with Crippen LogP contribution in [0.1, 0.15) is 104 Å². The second kappa shape index (κ2) is 31.3. The number of hydrogen-bond donors (Lipinski definition) is 9. The van der Waals surface area contributed by atoms with Gasteiger partial charge in [-0.25, -0.2) is 0 Å². The standard InChI is InChI=1S/C44H73NO13/c1-3-5-7-9-10-11-12-13-14-15-16-17-18-19-20-21-22-24-26-28-36(49)45-32(33(48)27-25-23-8-6-4-2)31-55-43-41(54)39(52)42(35(30-47)57-43)58-44-40(53)38(51)37(50)34(29-46)56-44/h5,7,10-11,13-14,16-17,19-20,25,27,32-35,37-44,46-48,50-54H,3-4,6,8-9,12,15,18,21-24,26,28-31H2,1-2H3,(H,45,49)/b7-5-,11-10-,14-13-,17-16-,20-19-,27-25+. The maximum Gasteiger partial charge on any atom is 0.220 e. The number of aliphatic hydroxyl groups excluding tert-OH is 8. The van der Waals surface area contributed by atoms with Crippen LogP contribution in [0.25, 0.3) is 0 Å². The van der Waals surface area contributed by atoms with E-state index in [0.717, 1.165) is 77.0 Å². The van der Waals surface area contributed by atoms with Gasteiger partial charge in [-0.15, -0.1) is 0 Å². The van der Waals surface area contributed by atoms with Crippen molar-refractivity contribution in [1.82, 2.24) is 5.32 Å². The van der Waals surface area contributed by atoms with Crippen LogP contribution in [0.4, 0.5) is 0 Å². The average Bonchev–Trinajstić information content (AvgIpc) is 3.22. The van der Waals surface area contributed by atoms with Crippen molar-refractivity contribution in [2.24, 2.45) is 0 Å². The number of carbonyl (C=O) groups is 1. The summed E-state index contributed by atoms with van der Waals surface area (Å²) in [6.07, 6.45) is 20.1. The third kappa shape index (κ3) is 19.7. The lowest BCUT2D eigenvalue weighted by molar-refractivity contribution is -0.359. The Bertz CT molecular complexity index is 1250. The fourth-order valence-electron chi connectivity index (χ4n) is 6.37. The quantitative estimate of drug-likeness (QED) is 0.0390. The molecule has 2 aliphatic rings. The van der Waals surface area contributed by atoms with Gasteiger partial charge in [-0.05, 0) is 64.2 Å². The molecule has 2 saturated heterocycles. The van der Waals surface area contributed by atoms with Crippen LogP contribution in [-0.2, 0) is 23.7 Å². The maximum atomic E-state index is 13.0. The summed E-state index contributed by atoms with van der Waals surface area (Å²) in [5.41, 5.74) is 0. The molecule has 1 amide bonds. The normalized spacial score (nSPS) is 29.6. The van der Waals surface area contributed by atoms with E-state index in [0.29, 0.717) is 6.42 Å². The molecule has 332 valence electrons. The number of unbranched alkanes of at least 4 members (excludes halogenated alkanes) is 6. The van der Waals surface area contributed by atoms with Crippen LogP contribution < -0.4 is 5.32 Å². The van der Waals surface area contributed by atoms with E-state index in [1.165, 1.54) is 0 Å². The molecule has 0 aromatic heterocycles. The largest absolute Gasteiger partial charge is 0.394 e. The van der Waals surface area contributed by atoms with Gasteiger partial charge in [0.05, 0.1) is 32.0 Å². The molecule has 0 bridgehead atoms. The summed E-state index contributed by atoms with van der Waals surface area (Å²) in [7, 11) is 0. The van der Waals surface area contributed by atoms with Crippen LogP contribution in [0.3, 0.4) is 0 Å². The van der Waals surface area contributed by atoms with Gasteiger partial charge in [-0.3, -0.25) is 4.79 Å². The Balaban J connectivity index is 1.83. The SMILES string of the molecule is CC/C=C\C/C=C\C/C=C\C/C=C\C/C=C\CCCCCC(=O)NC(COC1OC(CO)C(OC2OC(CO)C(O)C(O)C2O)C(O)C1O)C(O)/C=C/CCCCC. The van der Waals surface area contributed by atoms with Gasteiger partial charge < -0.3 is 65.1 Å². The van der Waals surface area contributed by atoms with E-state index in [2.05, 4.69) is 79.9 Å². The highest BCUT2D eigenvalue weighted by Crippen LogP contribution is 2.29. The maximum absolute atomic E-state index is 13.0. The Morgan fingerprint density at radius 1 is 0.638 bits per heavy atom. The second-order valence-electron chi connectivity index (χ2n) is 14.7. The Kier molecular flexibility index (Phi) is 27.9. The van der Waals surface area contributed by atoms with Crippen molar-refractivity contribution in [3.63, 3.8) is 0 Å². The molecular formula is C44H73NO13. The zero-order valence-corrected chi connectivity index (χ0v) is 34.5. The predicted molar refractivity (Wildman–Crippen MR) is 221 cm³/mol. The Labute approximate surface area is 345 Å². The van der Waals surface area contributed by atoms with Crippen LogP contribution in [0.5, 0.6) is 0 Å². The molecule has 0 aliphatic carbocycles. The third-order valence-electron chi connectivity index (χ3n) is 9.90. The number of ether oxygens (including phenoxy) is 4.